The first-order valence-corrected chi connectivity index (χ1v) is 20.3. The average molecular weight is 728 g/mol. The summed E-state index contributed by atoms with van der Waals surface area (Å²) in [7, 11) is 0. The topological polar surface area (TPSA) is 10.9 Å². The summed E-state index contributed by atoms with van der Waals surface area (Å²) in [5.74, 6) is 0.283. The highest BCUT2D eigenvalue weighted by molar-refractivity contribution is 6.25. The zero-order valence-corrected chi connectivity index (χ0v) is 31.4. The van der Waals surface area contributed by atoms with E-state index in [2.05, 4.69) is 196 Å². The Morgan fingerprint density at radius 2 is 1.28 bits per heavy atom. The van der Waals surface area contributed by atoms with E-state index in [0.29, 0.717) is 0 Å². The van der Waals surface area contributed by atoms with Gasteiger partial charge < -0.3 is 14.2 Å². The van der Waals surface area contributed by atoms with E-state index in [0.717, 1.165) is 19.3 Å². The van der Waals surface area contributed by atoms with Crippen LogP contribution in [0.2, 0.25) is 0 Å². The number of aromatic nitrogens is 1. The number of hydrogen-bond acceptors (Lipinski definition) is 2. The van der Waals surface area contributed by atoms with Crippen molar-refractivity contribution in [2.24, 2.45) is 0 Å². The van der Waals surface area contributed by atoms with Crippen LogP contribution in [-0.4, -0.2) is 4.40 Å². The number of hydrogen-bond donors (Lipinski definition) is 0. The van der Waals surface area contributed by atoms with Gasteiger partial charge in [0.15, 0.2) is 0 Å². The molecule has 1 atom stereocenters. The number of fused-ring (bicyclic) bond motifs is 15. The van der Waals surface area contributed by atoms with Crippen LogP contribution in [0, 0.1) is 0 Å². The Labute approximate surface area is 330 Å². The lowest BCUT2D eigenvalue weighted by Crippen LogP contribution is -2.22. The summed E-state index contributed by atoms with van der Waals surface area (Å²) in [4.78, 5) is 5.06. The maximum atomic E-state index is 2.56. The van der Waals surface area contributed by atoms with Gasteiger partial charge in [-0.05, 0) is 106 Å². The van der Waals surface area contributed by atoms with Crippen molar-refractivity contribution in [3.8, 4) is 0 Å². The van der Waals surface area contributed by atoms with Crippen molar-refractivity contribution < 1.29 is 0 Å². The van der Waals surface area contributed by atoms with Crippen LogP contribution in [0.4, 0.5) is 22.7 Å². The van der Waals surface area contributed by atoms with Crippen molar-refractivity contribution in [3.05, 3.63) is 204 Å². The molecule has 0 saturated carbocycles. The molecule has 3 aliphatic rings. The van der Waals surface area contributed by atoms with Crippen LogP contribution in [0.1, 0.15) is 35.4 Å². The van der Waals surface area contributed by atoms with Gasteiger partial charge in [-0.2, -0.15) is 0 Å². The fraction of sp³-hybridized carbons (Fsp3) is 0.0741. The fourth-order valence-corrected chi connectivity index (χ4v) is 10.7. The van der Waals surface area contributed by atoms with Gasteiger partial charge in [0.25, 0.3) is 0 Å². The minimum atomic E-state index is 0.283. The van der Waals surface area contributed by atoms with Crippen molar-refractivity contribution in [2.75, 3.05) is 9.80 Å². The van der Waals surface area contributed by atoms with Crippen molar-refractivity contribution in [1.82, 2.24) is 4.40 Å². The van der Waals surface area contributed by atoms with Gasteiger partial charge in [-0.3, -0.25) is 0 Å². The second-order valence-corrected chi connectivity index (χ2v) is 15.9. The SMILES string of the molecule is C1=Cc2c(c3ccc(N(C4=CCC5C(=C4)N(c4ccccc4)c4ccccc45)c4cccc5c6cccc7c8ccccc8n(c45)c76)cc3c3ccccc23)CC1. The van der Waals surface area contributed by atoms with Gasteiger partial charge in [0.1, 0.15) is 0 Å². The van der Waals surface area contributed by atoms with Crippen molar-refractivity contribution in [1.29, 1.82) is 0 Å². The Balaban J connectivity index is 1.11. The quantitative estimate of drug-likeness (QED) is 0.167. The van der Waals surface area contributed by atoms with Gasteiger partial charge in [-0.25, -0.2) is 0 Å². The molecule has 0 saturated heterocycles. The predicted molar refractivity (Wildman–Crippen MR) is 241 cm³/mol. The molecule has 0 spiro atoms. The highest BCUT2D eigenvalue weighted by Gasteiger charge is 2.37. The first-order valence-electron chi connectivity index (χ1n) is 20.3. The Morgan fingerprint density at radius 3 is 2.18 bits per heavy atom. The lowest BCUT2D eigenvalue weighted by atomic mass is 9.86. The number of nitrogens with zero attached hydrogens (tertiary/aromatic N) is 3. The molecular formula is C54H37N3. The first kappa shape index (κ1) is 31.1. The van der Waals surface area contributed by atoms with Crippen molar-refractivity contribution in [2.45, 2.75) is 25.2 Å². The normalized spacial score (nSPS) is 16.1. The molecule has 57 heavy (non-hydrogen) atoms. The van der Waals surface area contributed by atoms with Gasteiger partial charge in [0, 0.05) is 55.9 Å². The summed E-state index contributed by atoms with van der Waals surface area (Å²) >= 11 is 0. The van der Waals surface area contributed by atoms with Crippen LogP contribution in [0.3, 0.4) is 0 Å². The zero-order chi connectivity index (χ0) is 37.2. The number of anilines is 4. The molecule has 0 fully saturated rings. The van der Waals surface area contributed by atoms with E-state index in [1.165, 1.54) is 110 Å². The molecule has 3 heterocycles. The number of rotatable bonds is 4. The number of aryl methyl sites for hydroxylation is 1. The minimum absolute atomic E-state index is 0.283. The van der Waals surface area contributed by atoms with E-state index in [-0.39, 0.29) is 5.92 Å². The minimum Gasteiger partial charge on any atom is -0.313 e. The Hall–Kier alpha value is -7.10. The molecule has 1 unspecified atom stereocenters. The maximum Gasteiger partial charge on any atom is 0.0782 e. The molecule has 10 aromatic rings. The first-order chi connectivity index (χ1) is 28.3. The summed E-state index contributed by atoms with van der Waals surface area (Å²) in [5.41, 5.74) is 15.3. The highest BCUT2D eigenvalue weighted by atomic mass is 15.2. The van der Waals surface area contributed by atoms with Gasteiger partial charge >= 0.3 is 0 Å². The lowest BCUT2D eigenvalue weighted by Gasteiger charge is -2.32. The molecule has 0 N–H and O–H groups in total. The molecule has 1 aliphatic heterocycles. The number of benzene rings is 8. The standard InChI is InChI=1S/C54H37N3/c1-2-14-34(15-3-1)56-49-25-10-8-20-42(49)44-31-29-36(33-52(44)56)55(35-28-30-41-39-18-5-4-16-37(39)38-17-6-7-19-40(38)48(41)32-35)51-27-13-24-47-46-23-12-22-45-43-21-9-11-26-50(43)57(53(45)46)54(47)51/h1-4,6-17,19-30,32-33,44H,5,18,31H2. The van der Waals surface area contributed by atoms with E-state index in [9.17, 15) is 0 Å². The third-order valence-electron chi connectivity index (χ3n) is 13.0. The maximum absolute atomic E-state index is 2.56. The molecule has 13 rings (SSSR count). The average Bonchev–Trinajstić information content (AvgIpc) is 3.92. The molecule has 2 aromatic heterocycles. The lowest BCUT2D eigenvalue weighted by molar-refractivity contribution is 0.806. The summed E-state index contributed by atoms with van der Waals surface area (Å²) in [5, 5.41) is 10.5. The molecule has 8 aromatic carbocycles. The van der Waals surface area contributed by atoms with E-state index in [4.69, 9.17) is 0 Å². The molecule has 268 valence electrons. The summed E-state index contributed by atoms with van der Waals surface area (Å²) < 4.78 is 2.54. The van der Waals surface area contributed by atoms with Gasteiger partial charge in [-0.1, -0.05) is 133 Å². The third kappa shape index (κ3) is 4.26. The molecule has 0 bridgehead atoms. The molecule has 3 heteroatoms. The van der Waals surface area contributed by atoms with Crippen molar-refractivity contribution >= 4 is 88.5 Å². The molecule has 2 aliphatic carbocycles. The molecule has 0 amide bonds. The van der Waals surface area contributed by atoms with Crippen LogP contribution in [-0.2, 0) is 6.42 Å². The largest absolute Gasteiger partial charge is 0.313 e. The van der Waals surface area contributed by atoms with Crippen LogP contribution in [0.25, 0.3) is 65.7 Å². The second kappa shape index (κ2) is 11.7. The molecule has 0 radical (unpaired) electrons. The van der Waals surface area contributed by atoms with Crippen LogP contribution < -0.4 is 9.80 Å². The van der Waals surface area contributed by atoms with E-state index < -0.39 is 0 Å². The van der Waals surface area contributed by atoms with Gasteiger partial charge in [0.05, 0.1) is 22.2 Å². The van der Waals surface area contributed by atoms with Gasteiger partial charge in [-0.15, -0.1) is 0 Å². The van der Waals surface area contributed by atoms with E-state index in [1.807, 2.05) is 0 Å². The highest BCUT2D eigenvalue weighted by Crippen LogP contribution is 2.53. The Kier molecular flexibility index (Phi) is 6.40. The predicted octanol–water partition coefficient (Wildman–Crippen LogP) is 14.3. The molecule has 3 nitrogen and oxygen atoms in total. The summed E-state index contributed by atoms with van der Waals surface area (Å²) in [6.45, 7) is 0. The fourth-order valence-electron chi connectivity index (χ4n) is 10.7. The van der Waals surface area contributed by atoms with Crippen molar-refractivity contribution in [3.63, 3.8) is 0 Å². The number of para-hydroxylation sites is 5. The Morgan fingerprint density at radius 1 is 0.561 bits per heavy atom. The number of allylic oxidation sites excluding steroid dienone is 4. The van der Waals surface area contributed by atoms with Crippen LogP contribution in [0.5, 0.6) is 0 Å². The van der Waals surface area contributed by atoms with Gasteiger partial charge in [0.2, 0.25) is 0 Å². The van der Waals surface area contributed by atoms with E-state index in [1.54, 1.807) is 0 Å². The second-order valence-electron chi connectivity index (χ2n) is 15.9. The van der Waals surface area contributed by atoms with E-state index >= 15 is 0 Å². The Bertz CT molecular complexity index is 3400. The van der Waals surface area contributed by atoms with Crippen LogP contribution >= 0.6 is 0 Å². The monoisotopic (exact) mass is 727 g/mol. The van der Waals surface area contributed by atoms with Crippen LogP contribution in [0.15, 0.2) is 187 Å². The zero-order valence-electron chi connectivity index (χ0n) is 31.4. The smallest absolute Gasteiger partial charge is 0.0782 e. The third-order valence-corrected chi connectivity index (χ3v) is 13.0. The molecular weight excluding hydrogens is 691 g/mol. The summed E-state index contributed by atoms with van der Waals surface area (Å²) in [6, 6.07) is 58.8. The summed E-state index contributed by atoms with van der Waals surface area (Å²) in [6.07, 6.45) is 12.7.